The van der Waals surface area contributed by atoms with E-state index in [1.54, 1.807) is 13.0 Å². The standard InChI is InChI=1S/C26H25F3N4O2/c1-4-35-20-10-8-18(9-11-20)12-13-30-25(34)21-15-31-24-22(19-7-5-6-16(2)14-19)17(3)32-33(24)23(21)26(27,28)29/h5-11,14-15H,4,12-13H2,1-3H3,(H,30,34). The van der Waals surface area contributed by atoms with Crippen molar-refractivity contribution in [1.82, 2.24) is 19.9 Å². The van der Waals surface area contributed by atoms with Crippen LogP contribution in [0, 0.1) is 13.8 Å². The van der Waals surface area contributed by atoms with Gasteiger partial charge in [0.25, 0.3) is 5.91 Å². The van der Waals surface area contributed by atoms with Gasteiger partial charge in [0.1, 0.15) is 5.75 Å². The lowest BCUT2D eigenvalue weighted by molar-refractivity contribution is -0.143. The summed E-state index contributed by atoms with van der Waals surface area (Å²) >= 11 is 0. The van der Waals surface area contributed by atoms with Crippen molar-refractivity contribution < 1.29 is 22.7 Å². The Morgan fingerprint density at radius 2 is 1.86 bits per heavy atom. The number of benzene rings is 2. The summed E-state index contributed by atoms with van der Waals surface area (Å²) in [6.07, 6.45) is -3.39. The number of rotatable bonds is 7. The van der Waals surface area contributed by atoms with E-state index in [4.69, 9.17) is 4.74 Å². The molecule has 2 aromatic carbocycles. The van der Waals surface area contributed by atoms with Crippen LogP contribution < -0.4 is 10.1 Å². The first-order valence-electron chi connectivity index (χ1n) is 11.2. The average Bonchev–Trinajstić information content (AvgIpc) is 3.14. The van der Waals surface area contributed by atoms with Crippen molar-refractivity contribution in [3.63, 3.8) is 0 Å². The molecular weight excluding hydrogens is 457 g/mol. The summed E-state index contributed by atoms with van der Waals surface area (Å²) in [6.45, 7) is 6.13. The highest BCUT2D eigenvalue weighted by molar-refractivity contribution is 5.96. The van der Waals surface area contributed by atoms with Gasteiger partial charge in [-0.25, -0.2) is 9.50 Å². The number of nitrogens with zero attached hydrogens (tertiary/aromatic N) is 3. The molecule has 4 rings (SSSR count). The minimum atomic E-state index is -4.81. The number of aromatic nitrogens is 3. The highest BCUT2D eigenvalue weighted by Gasteiger charge is 2.40. The van der Waals surface area contributed by atoms with Gasteiger partial charge < -0.3 is 10.1 Å². The Balaban J connectivity index is 1.62. The summed E-state index contributed by atoms with van der Waals surface area (Å²) < 4.78 is 48.6. The zero-order valence-electron chi connectivity index (χ0n) is 19.6. The van der Waals surface area contributed by atoms with Gasteiger partial charge >= 0.3 is 6.18 Å². The van der Waals surface area contributed by atoms with E-state index in [1.165, 1.54) is 0 Å². The molecule has 0 unspecified atom stereocenters. The first-order valence-corrected chi connectivity index (χ1v) is 11.2. The number of fused-ring (bicyclic) bond motifs is 1. The second-order valence-electron chi connectivity index (χ2n) is 8.17. The molecule has 2 heterocycles. The van der Waals surface area contributed by atoms with E-state index in [0.29, 0.717) is 29.8 Å². The van der Waals surface area contributed by atoms with Gasteiger partial charge in [0.05, 0.1) is 17.9 Å². The maximum Gasteiger partial charge on any atom is 0.434 e. The third-order valence-electron chi connectivity index (χ3n) is 5.57. The van der Waals surface area contributed by atoms with E-state index in [0.717, 1.165) is 27.6 Å². The van der Waals surface area contributed by atoms with Crippen LogP contribution in [0.2, 0.25) is 0 Å². The highest BCUT2D eigenvalue weighted by Crippen LogP contribution is 2.35. The van der Waals surface area contributed by atoms with Crippen LogP contribution in [0.15, 0.2) is 54.7 Å². The molecule has 9 heteroatoms. The minimum absolute atomic E-state index is 0.0476. The van der Waals surface area contributed by atoms with Crippen LogP contribution in [-0.4, -0.2) is 33.7 Å². The average molecular weight is 483 g/mol. The van der Waals surface area contributed by atoms with Crippen LogP contribution in [-0.2, 0) is 12.6 Å². The first kappa shape index (κ1) is 24.3. The van der Waals surface area contributed by atoms with Gasteiger partial charge in [-0.2, -0.15) is 18.3 Å². The van der Waals surface area contributed by atoms with Crippen LogP contribution in [0.3, 0.4) is 0 Å². The van der Waals surface area contributed by atoms with Crippen molar-refractivity contribution in [1.29, 1.82) is 0 Å². The number of carbonyl (C=O) groups is 1. The van der Waals surface area contributed by atoms with Crippen molar-refractivity contribution in [2.45, 2.75) is 33.4 Å². The lowest BCUT2D eigenvalue weighted by atomic mass is 10.0. The molecular formula is C26H25F3N4O2. The molecule has 0 aliphatic heterocycles. The smallest absolute Gasteiger partial charge is 0.434 e. The number of nitrogens with one attached hydrogen (secondary N) is 1. The van der Waals surface area contributed by atoms with Crippen molar-refractivity contribution in [2.75, 3.05) is 13.2 Å². The van der Waals surface area contributed by atoms with Crippen molar-refractivity contribution >= 4 is 11.6 Å². The first-order chi connectivity index (χ1) is 16.7. The number of amides is 1. The molecule has 0 radical (unpaired) electrons. The predicted octanol–water partition coefficient (Wildman–Crippen LogP) is 5.40. The summed E-state index contributed by atoms with van der Waals surface area (Å²) in [5.74, 6) is -0.128. The van der Waals surface area contributed by atoms with Crippen molar-refractivity contribution in [3.05, 3.63) is 82.8 Å². The number of hydrogen-bond donors (Lipinski definition) is 1. The molecule has 0 atom stereocenters. The van der Waals surface area contributed by atoms with Crippen LogP contribution in [0.1, 0.15) is 39.8 Å². The Morgan fingerprint density at radius 3 is 2.51 bits per heavy atom. The molecule has 0 spiro atoms. The molecule has 0 fully saturated rings. The zero-order valence-corrected chi connectivity index (χ0v) is 19.6. The van der Waals surface area contributed by atoms with Gasteiger partial charge in [-0.3, -0.25) is 4.79 Å². The Labute approximate surface area is 200 Å². The summed E-state index contributed by atoms with van der Waals surface area (Å²) in [6, 6.07) is 14.7. The lowest BCUT2D eigenvalue weighted by Crippen LogP contribution is -2.30. The number of hydrogen-bond acceptors (Lipinski definition) is 4. The molecule has 0 saturated carbocycles. The van der Waals surface area contributed by atoms with E-state index in [-0.39, 0.29) is 12.2 Å². The molecule has 0 aliphatic carbocycles. The summed E-state index contributed by atoms with van der Waals surface area (Å²) in [4.78, 5) is 17.0. The SMILES string of the molecule is CCOc1ccc(CCNC(=O)c2cnc3c(-c4cccc(C)c4)c(C)nn3c2C(F)(F)F)cc1. The molecule has 1 N–H and O–H groups in total. The fourth-order valence-corrected chi connectivity index (χ4v) is 4.00. The van der Waals surface area contributed by atoms with E-state index in [9.17, 15) is 18.0 Å². The van der Waals surface area contributed by atoms with Gasteiger partial charge in [0.15, 0.2) is 11.3 Å². The van der Waals surface area contributed by atoms with Gasteiger partial charge in [-0.1, -0.05) is 42.0 Å². The molecule has 0 bridgehead atoms. The third kappa shape index (κ3) is 5.13. The van der Waals surface area contributed by atoms with Gasteiger partial charge in [0, 0.05) is 18.3 Å². The maximum absolute atomic E-state index is 14.2. The largest absolute Gasteiger partial charge is 0.494 e. The Hall–Kier alpha value is -3.88. The molecule has 2 aromatic heterocycles. The van der Waals surface area contributed by atoms with Crippen LogP contribution in [0.5, 0.6) is 5.75 Å². The fourth-order valence-electron chi connectivity index (χ4n) is 4.00. The second-order valence-corrected chi connectivity index (χ2v) is 8.17. The zero-order chi connectivity index (χ0) is 25.2. The number of halogens is 3. The van der Waals surface area contributed by atoms with Crippen molar-refractivity contribution in [3.8, 4) is 16.9 Å². The molecule has 6 nitrogen and oxygen atoms in total. The number of carbonyl (C=O) groups excluding carboxylic acids is 1. The Kier molecular flexibility index (Phi) is 6.77. The van der Waals surface area contributed by atoms with Crippen LogP contribution in [0.25, 0.3) is 16.8 Å². The maximum atomic E-state index is 14.2. The Bertz CT molecular complexity index is 1360. The predicted molar refractivity (Wildman–Crippen MR) is 127 cm³/mol. The molecule has 4 aromatic rings. The minimum Gasteiger partial charge on any atom is -0.494 e. The lowest BCUT2D eigenvalue weighted by Gasteiger charge is -2.14. The van der Waals surface area contributed by atoms with Gasteiger partial charge in [-0.05, 0) is 50.5 Å². The summed E-state index contributed by atoms with van der Waals surface area (Å²) in [5, 5.41) is 6.70. The van der Waals surface area contributed by atoms with Crippen LogP contribution in [0.4, 0.5) is 13.2 Å². The Morgan fingerprint density at radius 1 is 1.11 bits per heavy atom. The van der Waals surface area contributed by atoms with E-state index in [2.05, 4.69) is 15.4 Å². The van der Waals surface area contributed by atoms with Crippen molar-refractivity contribution in [2.24, 2.45) is 0 Å². The topological polar surface area (TPSA) is 68.5 Å². The molecule has 0 aliphatic rings. The number of alkyl halides is 3. The highest BCUT2D eigenvalue weighted by atomic mass is 19.4. The number of aryl methyl sites for hydroxylation is 2. The molecule has 1 amide bonds. The monoisotopic (exact) mass is 482 g/mol. The second kappa shape index (κ2) is 9.77. The summed E-state index contributed by atoms with van der Waals surface area (Å²) in [5.41, 5.74) is 1.81. The normalized spacial score (nSPS) is 11.6. The summed E-state index contributed by atoms with van der Waals surface area (Å²) in [7, 11) is 0. The van der Waals surface area contributed by atoms with E-state index in [1.807, 2.05) is 56.3 Å². The van der Waals surface area contributed by atoms with Gasteiger partial charge in [0.2, 0.25) is 0 Å². The molecule has 182 valence electrons. The quantitative estimate of drug-likeness (QED) is 0.383. The van der Waals surface area contributed by atoms with E-state index >= 15 is 0 Å². The fraction of sp³-hybridized carbons (Fsp3) is 0.269. The van der Waals surface area contributed by atoms with Gasteiger partial charge in [-0.15, -0.1) is 0 Å². The third-order valence-corrected chi connectivity index (χ3v) is 5.57. The van der Waals surface area contributed by atoms with E-state index < -0.39 is 23.3 Å². The van der Waals surface area contributed by atoms with Crippen LogP contribution >= 0.6 is 0 Å². The molecule has 35 heavy (non-hydrogen) atoms. The number of ether oxygens (including phenoxy) is 1. The molecule has 0 saturated heterocycles.